The monoisotopic (exact) mass is 333 g/mol. The van der Waals surface area contributed by atoms with Crippen LogP contribution in [0.25, 0.3) is 5.70 Å². The van der Waals surface area contributed by atoms with Crippen molar-refractivity contribution in [1.82, 2.24) is 4.90 Å². The number of fused-ring (bicyclic) bond motifs is 1. The molecule has 0 bridgehead atoms. The second-order valence-corrected chi connectivity index (χ2v) is 6.47. The molecule has 2 aromatic rings. The van der Waals surface area contributed by atoms with E-state index in [4.69, 9.17) is 0 Å². The second-order valence-electron chi connectivity index (χ2n) is 6.47. The van der Waals surface area contributed by atoms with Gasteiger partial charge in [-0.3, -0.25) is 9.69 Å². The van der Waals surface area contributed by atoms with E-state index in [1.807, 2.05) is 48.5 Å². The van der Waals surface area contributed by atoms with Gasteiger partial charge in [-0.25, -0.2) is 4.79 Å². The molecule has 0 saturated heterocycles. The third kappa shape index (κ3) is 3.13. The highest BCUT2D eigenvalue weighted by Crippen LogP contribution is 2.32. The van der Waals surface area contributed by atoms with Crippen molar-refractivity contribution in [1.29, 1.82) is 0 Å². The Kier molecular flexibility index (Phi) is 3.76. The zero-order chi connectivity index (χ0) is 17.4. The summed E-state index contributed by atoms with van der Waals surface area (Å²) >= 11 is 0. The number of benzene rings is 2. The number of hydrogen-bond donors (Lipinski definition) is 2. The zero-order valence-electron chi connectivity index (χ0n) is 13.8. The normalized spacial score (nSPS) is 16.2. The highest BCUT2D eigenvalue weighted by molar-refractivity contribution is 6.02. The molecule has 2 N–H and O–H groups in total. The minimum absolute atomic E-state index is 0.0909. The lowest BCUT2D eigenvalue weighted by atomic mass is 10.1. The molecule has 1 aliphatic heterocycles. The molecule has 1 fully saturated rings. The van der Waals surface area contributed by atoms with Crippen molar-refractivity contribution in [2.45, 2.75) is 19.4 Å². The summed E-state index contributed by atoms with van der Waals surface area (Å²) in [7, 11) is 0. The molecule has 0 radical (unpaired) electrons. The number of amides is 3. The van der Waals surface area contributed by atoms with E-state index in [9.17, 15) is 9.59 Å². The summed E-state index contributed by atoms with van der Waals surface area (Å²) in [6, 6.07) is 15.0. The van der Waals surface area contributed by atoms with Gasteiger partial charge in [0, 0.05) is 22.9 Å². The smallest absolute Gasteiger partial charge is 0.326 e. The van der Waals surface area contributed by atoms with Gasteiger partial charge in [-0.15, -0.1) is 0 Å². The Morgan fingerprint density at radius 2 is 1.88 bits per heavy atom. The van der Waals surface area contributed by atoms with Crippen LogP contribution in [0.5, 0.6) is 0 Å². The maximum absolute atomic E-state index is 12.4. The topological polar surface area (TPSA) is 61.4 Å². The molecule has 4 rings (SSSR count). The van der Waals surface area contributed by atoms with E-state index in [0.717, 1.165) is 35.3 Å². The van der Waals surface area contributed by atoms with Crippen LogP contribution < -0.4 is 10.6 Å². The summed E-state index contributed by atoms with van der Waals surface area (Å²) in [4.78, 5) is 25.8. The number of urea groups is 1. The van der Waals surface area contributed by atoms with Gasteiger partial charge in [-0.1, -0.05) is 36.9 Å². The molecule has 25 heavy (non-hydrogen) atoms. The Labute approximate surface area is 146 Å². The lowest BCUT2D eigenvalue weighted by molar-refractivity contribution is -0.117. The molecule has 1 heterocycles. The van der Waals surface area contributed by atoms with Gasteiger partial charge < -0.3 is 10.6 Å². The van der Waals surface area contributed by atoms with Crippen molar-refractivity contribution in [2.75, 3.05) is 10.6 Å². The summed E-state index contributed by atoms with van der Waals surface area (Å²) < 4.78 is 0. The zero-order valence-corrected chi connectivity index (χ0v) is 13.8. The molecule has 3 amide bonds. The molecular formula is C20H19N3O2. The average Bonchev–Trinajstić information content (AvgIpc) is 3.45. The molecule has 1 aliphatic carbocycles. The molecular weight excluding hydrogens is 314 g/mol. The predicted molar refractivity (Wildman–Crippen MR) is 97.8 cm³/mol. The molecule has 0 unspecified atom stereocenters. The number of nitrogens with one attached hydrogen (secondary N) is 2. The van der Waals surface area contributed by atoms with Gasteiger partial charge in [0.15, 0.2) is 0 Å². The first-order chi connectivity index (χ1) is 12.1. The van der Waals surface area contributed by atoms with Crippen LogP contribution in [0.2, 0.25) is 0 Å². The Bertz CT molecular complexity index is 853. The standard InChI is InChI=1S/C20H19N3O2/c1-13-17-4-2-3-5-18(17)22-20(25)23(13)12-14-6-10-16(11-7-14)21-19(24)15-8-9-15/h2-7,10-11,15H,1,8-9,12H2,(H,21,24)(H,22,25). The van der Waals surface area contributed by atoms with E-state index >= 15 is 0 Å². The number of carbonyl (C=O) groups is 2. The van der Waals surface area contributed by atoms with Crippen LogP contribution in [0.4, 0.5) is 16.2 Å². The second kappa shape index (κ2) is 6.09. The van der Waals surface area contributed by atoms with Crippen LogP contribution in [0.15, 0.2) is 55.1 Å². The maximum atomic E-state index is 12.4. The van der Waals surface area contributed by atoms with Gasteiger partial charge in [0.1, 0.15) is 0 Å². The molecule has 5 nitrogen and oxygen atoms in total. The van der Waals surface area contributed by atoms with Gasteiger partial charge in [0.05, 0.1) is 12.2 Å². The third-order valence-electron chi connectivity index (χ3n) is 4.56. The molecule has 2 aromatic carbocycles. The summed E-state index contributed by atoms with van der Waals surface area (Å²) in [5.41, 5.74) is 4.15. The van der Waals surface area contributed by atoms with Crippen molar-refractivity contribution in [3.8, 4) is 0 Å². The van der Waals surface area contributed by atoms with Crippen LogP contribution in [-0.4, -0.2) is 16.8 Å². The lowest BCUT2D eigenvalue weighted by Crippen LogP contribution is -2.36. The van der Waals surface area contributed by atoms with Crippen molar-refractivity contribution in [3.63, 3.8) is 0 Å². The number of anilines is 2. The lowest BCUT2D eigenvalue weighted by Gasteiger charge is -2.31. The van der Waals surface area contributed by atoms with Crippen molar-refractivity contribution in [3.05, 3.63) is 66.2 Å². The molecule has 0 spiro atoms. The van der Waals surface area contributed by atoms with Gasteiger partial charge >= 0.3 is 6.03 Å². The van der Waals surface area contributed by atoms with Crippen LogP contribution in [-0.2, 0) is 11.3 Å². The maximum Gasteiger partial charge on any atom is 0.326 e. The van der Waals surface area contributed by atoms with Crippen LogP contribution >= 0.6 is 0 Å². The van der Waals surface area contributed by atoms with Crippen LogP contribution in [0.3, 0.4) is 0 Å². The molecule has 2 aliphatic rings. The fourth-order valence-corrected chi connectivity index (χ4v) is 2.93. The Morgan fingerprint density at radius 1 is 1.16 bits per heavy atom. The minimum atomic E-state index is -0.185. The van der Waals surface area contributed by atoms with Crippen molar-refractivity contribution < 1.29 is 9.59 Å². The first-order valence-corrected chi connectivity index (χ1v) is 8.38. The Hall–Kier alpha value is -3.08. The third-order valence-corrected chi connectivity index (χ3v) is 4.56. The largest absolute Gasteiger partial charge is 0.326 e. The van der Waals surface area contributed by atoms with E-state index < -0.39 is 0 Å². The SMILES string of the molecule is C=C1c2ccccc2NC(=O)N1Cc1ccc(NC(=O)C2CC2)cc1. The van der Waals surface area contributed by atoms with Crippen molar-refractivity contribution in [2.24, 2.45) is 5.92 Å². The quantitative estimate of drug-likeness (QED) is 0.886. The predicted octanol–water partition coefficient (Wildman–Crippen LogP) is 4.05. The van der Waals surface area contributed by atoms with Crippen LogP contribution in [0.1, 0.15) is 24.0 Å². The van der Waals surface area contributed by atoms with Gasteiger partial charge in [0.2, 0.25) is 5.91 Å². The molecule has 5 heteroatoms. The number of nitrogens with zero attached hydrogens (tertiary/aromatic N) is 1. The summed E-state index contributed by atoms with van der Waals surface area (Å²) in [6.45, 7) is 4.50. The fourth-order valence-electron chi connectivity index (χ4n) is 2.93. The summed E-state index contributed by atoms with van der Waals surface area (Å²) in [5.74, 6) is 0.272. The van der Waals surface area contributed by atoms with Crippen LogP contribution in [0, 0.1) is 5.92 Å². The van der Waals surface area contributed by atoms with Crippen molar-refractivity contribution >= 4 is 29.0 Å². The summed E-state index contributed by atoms with van der Waals surface area (Å²) in [6.07, 6.45) is 1.97. The van der Waals surface area contributed by atoms with E-state index in [-0.39, 0.29) is 17.9 Å². The van der Waals surface area contributed by atoms with E-state index in [1.54, 1.807) is 4.90 Å². The summed E-state index contributed by atoms with van der Waals surface area (Å²) in [5, 5.41) is 5.80. The molecule has 126 valence electrons. The minimum Gasteiger partial charge on any atom is -0.326 e. The van der Waals surface area contributed by atoms with E-state index in [0.29, 0.717) is 12.2 Å². The first-order valence-electron chi connectivity index (χ1n) is 8.38. The first kappa shape index (κ1) is 15.4. The number of para-hydroxylation sites is 1. The number of carbonyl (C=O) groups excluding carboxylic acids is 2. The van der Waals surface area contributed by atoms with Gasteiger partial charge in [-0.05, 0) is 36.6 Å². The number of rotatable bonds is 4. The highest BCUT2D eigenvalue weighted by Gasteiger charge is 2.29. The van der Waals surface area contributed by atoms with Gasteiger partial charge in [-0.2, -0.15) is 0 Å². The average molecular weight is 333 g/mol. The Morgan fingerprint density at radius 3 is 2.60 bits per heavy atom. The molecule has 0 aromatic heterocycles. The van der Waals surface area contributed by atoms with Gasteiger partial charge in [0.25, 0.3) is 0 Å². The van der Waals surface area contributed by atoms with E-state index in [1.165, 1.54) is 0 Å². The number of hydrogen-bond acceptors (Lipinski definition) is 2. The van der Waals surface area contributed by atoms with E-state index in [2.05, 4.69) is 17.2 Å². The highest BCUT2D eigenvalue weighted by atomic mass is 16.2. The Balaban J connectivity index is 1.47. The molecule has 0 atom stereocenters. The fraction of sp³-hybridized carbons (Fsp3) is 0.200. The molecule has 1 saturated carbocycles.